The van der Waals surface area contributed by atoms with Gasteiger partial charge in [0, 0.05) is 22.7 Å². The first-order valence-corrected chi connectivity index (χ1v) is 10.3. The van der Waals surface area contributed by atoms with Crippen LogP contribution in [0.25, 0.3) is 0 Å². The second-order valence-electron chi connectivity index (χ2n) is 6.37. The van der Waals surface area contributed by atoms with Gasteiger partial charge >= 0.3 is 0 Å². The lowest BCUT2D eigenvalue weighted by Crippen LogP contribution is -2.25. The van der Waals surface area contributed by atoms with Crippen molar-refractivity contribution in [3.8, 4) is 17.4 Å². The third-order valence-electron chi connectivity index (χ3n) is 4.80. The van der Waals surface area contributed by atoms with Gasteiger partial charge in [-0.3, -0.25) is 4.31 Å². The number of anilines is 1. The van der Waals surface area contributed by atoms with Crippen molar-refractivity contribution in [2.75, 3.05) is 17.7 Å². The average Bonchev–Trinajstić information content (AvgIpc) is 3.43. The Hall–Kier alpha value is -2.16. The van der Waals surface area contributed by atoms with Crippen molar-refractivity contribution < 1.29 is 14.2 Å². The molecule has 0 N–H and O–H groups in total. The summed E-state index contributed by atoms with van der Waals surface area (Å²) < 4.78 is 19.5. The Bertz CT molecular complexity index is 1080. The number of thiophene rings is 1. The van der Waals surface area contributed by atoms with Gasteiger partial charge in [-0.1, -0.05) is 17.7 Å². The predicted molar refractivity (Wildman–Crippen MR) is 104 cm³/mol. The number of fused-ring (bicyclic) bond motifs is 5. The molecule has 1 atom stereocenters. The van der Waals surface area contributed by atoms with Gasteiger partial charge in [0.2, 0.25) is 6.79 Å². The molecular weight excluding hydrogens is 406 g/mol. The maximum absolute atomic E-state index is 6.11. The lowest BCUT2D eigenvalue weighted by Gasteiger charge is -2.22. The molecule has 1 unspecified atom stereocenters. The fourth-order valence-electron chi connectivity index (χ4n) is 3.62. The van der Waals surface area contributed by atoms with E-state index in [1.165, 1.54) is 4.88 Å². The molecule has 6 nitrogen and oxygen atoms in total. The quantitative estimate of drug-likeness (QED) is 0.578. The molecule has 0 bridgehead atoms. The number of halogens is 1. The van der Waals surface area contributed by atoms with Crippen molar-refractivity contribution in [1.29, 1.82) is 0 Å². The number of nitrogens with zero attached hydrogens (tertiary/aromatic N) is 3. The van der Waals surface area contributed by atoms with Gasteiger partial charge in [-0.05, 0) is 30.1 Å². The van der Waals surface area contributed by atoms with Crippen LogP contribution in [-0.4, -0.2) is 23.4 Å². The number of hydrogen-bond donors (Lipinski definition) is 0. The Labute approximate surface area is 168 Å². The molecular formula is C18H12ClN3O3S2. The van der Waals surface area contributed by atoms with Crippen LogP contribution in [0.1, 0.15) is 16.1 Å². The number of ether oxygens (including phenoxy) is 3. The van der Waals surface area contributed by atoms with E-state index in [4.69, 9.17) is 30.8 Å². The van der Waals surface area contributed by atoms with E-state index in [0.717, 1.165) is 27.2 Å². The maximum Gasteiger partial charge on any atom is 0.260 e. The van der Waals surface area contributed by atoms with E-state index in [1.807, 2.05) is 24.4 Å². The summed E-state index contributed by atoms with van der Waals surface area (Å²) in [6.45, 7) is 1.39. The molecule has 1 spiro atoms. The highest BCUT2D eigenvalue weighted by atomic mass is 35.5. The molecule has 0 amide bonds. The van der Waals surface area contributed by atoms with Gasteiger partial charge in [0.05, 0.1) is 10.9 Å². The van der Waals surface area contributed by atoms with E-state index in [0.29, 0.717) is 24.8 Å². The van der Waals surface area contributed by atoms with Crippen molar-refractivity contribution >= 4 is 40.7 Å². The highest BCUT2D eigenvalue weighted by Crippen LogP contribution is 2.60. The number of pyridine rings is 2. The highest BCUT2D eigenvalue weighted by Gasteiger charge is 2.54. The third-order valence-corrected chi connectivity index (χ3v) is 7.38. The van der Waals surface area contributed by atoms with E-state index < -0.39 is 4.75 Å². The molecule has 136 valence electrons. The SMILES string of the molecule is Clc1ccc(CN2SC3(COc4cc5c(nc43)OCO5)c3cccnc32)s1. The van der Waals surface area contributed by atoms with Gasteiger partial charge in [0.15, 0.2) is 5.75 Å². The van der Waals surface area contributed by atoms with E-state index in [2.05, 4.69) is 21.4 Å². The second kappa shape index (κ2) is 5.67. The molecule has 3 aromatic rings. The smallest absolute Gasteiger partial charge is 0.260 e. The maximum atomic E-state index is 6.11. The Kier molecular flexibility index (Phi) is 3.33. The standard InChI is InChI=1S/C18H12ClN3O3S2/c19-14-4-3-10(26-14)7-22-16-11(2-1-5-20-16)18(27-22)8-23-12-6-13-17(21-15(12)18)25-9-24-13/h1-6H,7-9H2. The highest BCUT2D eigenvalue weighted by molar-refractivity contribution is 8.02. The van der Waals surface area contributed by atoms with Crippen molar-refractivity contribution in [3.05, 3.63) is 57.0 Å². The van der Waals surface area contributed by atoms with Gasteiger partial charge in [0.1, 0.15) is 28.6 Å². The minimum Gasteiger partial charge on any atom is -0.489 e. The molecule has 9 heteroatoms. The zero-order valence-electron chi connectivity index (χ0n) is 13.8. The molecule has 6 rings (SSSR count). The van der Waals surface area contributed by atoms with E-state index >= 15 is 0 Å². The number of aromatic nitrogens is 2. The first-order chi connectivity index (χ1) is 13.2. The predicted octanol–water partition coefficient (Wildman–Crippen LogP) is 4.22. The molecule has 0 fully saturated rings. The number of hydrogen-bond acceptors (Lipinski definition) is 8. The van der Waals surface area contributed by atoms with Gasteiger partial charge in [-0.15, -0.1) is 11.3 Å². The summed E-state index contributed by atoms with van der Waals surface area (Å²) in [4.78, 5) is 10.6. The van der Waals surface area contributed by atoms with Crippen LogP contribution in [-0.2, 0) is 11.3 Å². The van der Waals surface area contributed by atoms with Crippen LogP contribution in [0.2, 0.25) is 4.34 Å². The van der Waals surface area contributed by atoms with Crippen molar-refractivity contribution in [3.63, 3.8) is 0 Å². The summed E-state index contributed by atoms with van der Waals surface area (Å²) in [5, 5.41) is 0. The first-order valence-electron chi connectivity index (χ1n) is 8.33. The molecule has 0 aliphatic carbocycles. The minimum absolute atomic E-state index is 0.189. The van der Waals surface area contributed by atoms with Crippen LogP contribution < -0.4 is 18.5 Å². The molecule has 0 saturated heterocycles. The van der Waals surface area contributed by atoms with Crippen LogP contribution >= 0.6 is 34.9 Å². The molecule has 0 aromatic carbocycles. The summed E-state index contributed by atoms with van der Waals surface area (Å²) in [5.41, 5.74) is 1.96. The first kappa shape index (κ1) is 15.9. The van der Waals surface area contributed by atoms with E-state index in [1.54, 1.807) is 23.3 Å². The third kappa shape index (κ3) is 2.27. The summed E-state index contributed by atoms with van der Waals surface area (Å²) in [5.74, 6) is 2.82. The Morgan fingerprint density at radius 2 is 2.15 bits per heavy atom. The van der Waals surface area contributed by atoms with Crippen LogP contribution in [0.5, 0.6) is 17.4 Å². The molecule has 27 heavy (non-hydrogen) atoms. The van der Waals surface area contributed by atoms with Gasteiger partial charge in [-0.25, -0.2) is 9.97 Å². The van der Waals surface area contributed by atoms with Crippen molar-refractivity contribution in [1.82, 2.24) is 9.97 Å². The van der Waals surface area contributed by atoms with Crippen molar-refractivity contribution in [2.45, 2.75) is 11.3 Å². The van der Waals surface area contributed by atoms with Crippen LogP contribution in [0.15, 0.2) is 36.5 Å². The Morgan fingerprint density at radius 3 is 3.04 bits per heavy atom. The molecule has 0 radical (unpaired) electrons. The Morgan fingerprint density at radius 1 is 1.19 bits per heavy atom. The normalized spacial score (nSPS) is 21.4. The summed E-state index contributed by atoms with van der Waals surface area (Å²) in [6, 6.07) is 9.90. The molecule has 6 heterocycles. The second-order valence-corrected chi connectivity index (χ2v) is 9.49. The summed E-state index contributed by atoms with van der Waals surface area (Å²) in [6.07, 6.45) is 1.82. The number of rotatable bonds is 2. The summed E-state index contributed by atoms with van der Waals surface area (Å²) >= 11 is 9.38. The monoisotopic (exact) mass is 417 g/mol. The molecule has 0 saturated carbocycles. The minimum atomic E-state index is -0.443. The van der Waals surface area contributed by atoms with Gasteiger partial charge < -0.3 is 14.2 Å². The van der Waals surface area contributed by atoms with Crippen LogP contribution in [0, 0.1) is 0 Å². The van der Waals surface area contributed by atoms with Gasteiger partial charge in [-0.2, -0.15) is 0 Å². The Balaban J connectivity index is 1.46. The molecule has 3 aliphatic heterocycles. The fourth-order valence-corrected chi connectivity index (χ4v) is 6.19. The van der Waals surface area contributed by atoms with E-state index in [-0.39, 0.29) is 6.79 Å². The zero-order chi connectivity index (χ0) is 18.0. The molecule has 3 aromatic heterocycles. The van der Waals surface area contributed by atoms with Crippen LogP contribution in [0.3, 0.4) is 0 Å². The largest absolute Gasteiger partial charge is 0.489 e. The van der Waals surface area contributed by atoms with E-state index in [9.17, 15) is 0 Å². The average molecular weight is 418 g/mol. The van der Waals surface area contributed by atoms with Crippen molar-refractivity contribution in [2.24, 2.45) is 0 Å². The summed E-state index contributed by atoms with van der Waals surface area (Å²) in [7, 11) is 0. The lowest BCUT2D eigenvalue weighted by molar-refractivity contribution is 0.170. The topological polar surface area (TPSA) is 56.7 Å². The molecule has 3 aliphatic rings. The fraction of sp³-hybridized carbons (Fsp3) is 0.222. The lowest BCUT2D eigenvalue weighted by atomic mass is 9.96. The van der Waals surface area contributed by atoms with Gasteiger partial charge in [0.25, 0.3) is 5.88 Å². The zero-order valence-corrected chi connectivity index (χ0v) is 16.2. The van der Waals surface area contributed by atoms with Crippen LogP contribution in [0.4, 0.5) is 5.82 Å².